The number of nitrogens with zero attached hydrogens (tertiary/aromatic N) is 1. The lowest BCUT2D eigenvalue weighted by Crippen LogP contribution is -2.26. The molecule has 0 saturated carbocycles. The van der Waals surface area contributed by atoms with Crippen LogP contribution in [0.1, 0.15) is 44.7 Å². The third-order valence-electron chi connectivity index (χ3n) is 4.35. The van der Waals surface area contributed by atoms with E-state index in [4.69, 9.17) is 16.3 Å². The predicted molar refractivity (Wildman–Crippen MR) is 89.3 cm³/mol. The summed E-state index contributed by atoms with van der Waals surface area (Å²) in [7, 11) is 2.20. The minimum atomic E-state index is 0.314. The molecule has 0 aromatic heterocycles. The van der Waals surface area contributed by atoms with Crippen molar-refractivity contribution >= 4 is 11.6 Å². The van der Waals surface area contributed by atoms with E-state index in [1.54, 1.807) is 0 Å². The molecule has 0 bridgehead atoms. The van der Waals surface area contributed by atoms with Crippen LogP contribution < -0.4 is 10.1 Å². The monoisotopic (exact) mass is 310 g/mol. The smallest absolute Gasteiger partial charge is 0.137 e. The molecule has 1 saturated heterocycles. The lowest BCUT2D eigenvalue weighted by molar-refractivity contribution is 0.233. The molecule has 1 aromatic carbocycles. The van der Waals surface area contributed by atoms with Crippen LogP contribution >= 0.6 is 11.6 Å². The number of ether oxygens (including phenoxy) is 1. The van der Waals surface area contributed by atoms with Crippen LogP contribution in [0.25, 0.3) is 0 Å². The lowest BCUT2D eigenvalue weighted by atomic mass is 10.1. The molecule has 4 heteroatoms. The van der Waals surface area contributed by atoms with Crippen LogP contribution in [0, 0.1) is 0 Å². The first-order valence-electron chi connectivity index (χ1n) is 7.97. The summed E-state index contributed by atoms with van der Waals surface area (Å²) in [6.45, 7) is 7.15. The van der Waals surface area contributed by atoms with Crippen molar-refractivity contribution in [2.24, 2.45) is 0 Å². The van der Waals surface area contributed by atoms with E-state index < -0.39 is 0 Å². The predicted octanol–water partition coefficient (Wildman–Crippen LogP) is 3.87. The number of nitrogens with one attached hydrogen (secondary N) is 1. The number of halogens is 1. The Morgan fingerprint density at radius 1 is 1.48 bits per heavy atom. The second-order valence-electron chi connectivity index (χ2n) is 5.88. The molecule has 3 nitrogen and oxygen atoms in total. The van der Waals surface area contributed by atoms with Gasteiger partial charge in [-0.3, -0.25) is 0 Å². The molecule has 0 amide bonds. The van der Waals surface area contributed by atoms with E-state index in [1.807, 2.05) is 12.1 Å². The molecule has 1 fully saturated rings. The summed E-state index contributed by atoms with van der Waals surface area (Å²) >= 11 is 6.33. The normalized spacial score (nSPS) is 20.7. The molecule has 1 aromatic rings. The van der Waals surface area contributed by atoms with Gasteiger partial charge in [-0.1, -0.05) is 24.6 Å². The summed E-state index contributed by atoms with van der Waals surface area (Å²) in [6.07, 6.45) is 3.66. The summed E-state index contributed by atoms with van der Waals surface area (Å²) < 4.78 is 5.86. The molecule has 0 radical (unpaired) electrons. The van der Waals surface area contributed by atoms with Crippen LogP contribution in [-0.2, 0) is 0 Å². The fraction of sp³-hybridized carbons (Fsp3) is 0.647. The topological polar surface area (TPSA) is 24.5 Å². The Balaban J connectivity index is 1.86. The van der Waals surface area contributed by atoms with Crippen molar-refractivity contribution in [2.75, 3.05) is 26.7 Å². The Hall–Kier alpha value is -0.770. The zero-order valence-electron chi connectivity index (χ0n) is 13.4. The Morgan fingerprint density at radius 2 is 2.29 bits per heavy atom. The van der Waals surface area contributed by atoms with Gasteiger partial charge in [-0.05, 0) is 64.0 Å². The molecule has 0 spiro atoms. The van der Waals surface area contributed by atoms with E-state index in [-0.39, 0.29) is 0 Å². The van der Waals surface area contributed by atoms with Gasteiger partial charge in [0.1, 0.15) is 5.75 Å². The van der Waals surface area contributed by atoms with Crippen LogP contribution in [0.3, 0.4) is 0 Å². The van der Waals surface area contributed by atoms with Crippen molar-refractivity contribution in [3.8, 4) is 5.75 Å². The molecular formula is C17H27ClN2O. The largest absolute Gasteiger partial charge is 0.492 e. The van der Waals surface area contributed by atoms with Crippen LogP contribution in [0.2, 0.25) is 5.02 Å². The number of hydrogen-bond donors (Lipinski definition) is 1. The van der Waals surface area contributed by atoms with Gasteiger partial charge in [0.2, 0.25) is 0 Å². The van der Waals surface area contributed by atoms with Crippen molar-refractivity contribution in [1.82, 2.24) is 10.2 Å². The zero-order valence-corrected chi connectivity index (χ0v) is 14.1. The first-order chi connectivity index (χ1) is 10.1. The van der Waals surface area contributed by atoms with Crippen molar-refractivity contribution in [1.29, 1.82) is 0 Å². The summed E-state index contributed by atoms with van der Waals surface area (Å²) in [5.74, 6) is 0.796. The van der Waals surface area contributed by atoms with E-state index in [1.165, 1.54) is 24.9 Å². The second kappa shape index (κ2) is 8.02. The van der Waals surface area contributed by atoms with Gasteiger partial charge in [0.15, 0.2) is 0 Å². The molecule has 1 N–H and O–H groups in total. The molecule has 1 heterocycles. The van der Waals surface area contributed by atoms with Crippen molar-refractivity contribution in [2.45, 2.75) is 45.2 Å². The van der Waals surface area contributed by atoms with E-state index in [0.29, 0.717) is 17.1 Å². The average Bonchev–Trinajstić information content (AvgIpc) is 2.86. The van der Waals surface area contributed by atoms with E-state index >= 15 is 0 Å². The Morgan fingerprint density at radius 3 is 2.90 bits per heavy atom. The van der Waals surface area contributed by atoms with Gasteiger partial charge in [-0.15, -0.1) is 0 Å². The van der Waals surface area contributed by atoms with E-state index in [2.05, 4.69) is 37.2 Å². The maximum absolute atomic E-state index is 6.33. The van der Waals surface area contributed by atoms with Gasteiger partial charge in [-0.25, -0.2) is 0 Å². The quantitative estimate of drug-likeness (QED) is 0.827. The van der Waals surface area contributed by atoms with Crippen LogP contribution in [-0.4, -0.2) is 37.7 Å². The van der Waals surface area contributed by atoms with E-state index in [0.717, 1.165) is 25.3 Å². The van der Waals surface area contributed by atoms with Gasteiger partial charge < -0.3 is 15.0 Å². The molecular weight excluding hydrogens is 284 g/mol. The molecule has 118 valence electrons. The number of likely N-dealkylation sites (tertiary alicyclic amines) is 1. The second-order valence-corrected chi connectivity index (χ2v) is 6.29. The third kappa shape index (κ3) is 4.60. The number of benzene rings is 1. The minimum absolute atomic E-state index is 0.314. The van der Waals surface area contributed by atoms with Crippen molar-refractivity contribution in [3.05, 3.63) is 28.8 Å². The first-order valence-corrected chi connectivity index (χ1v) is 8.35. The summed E-state index contributed by atoms with van der Waals surface area (Å²) in [5.41, 5.74) is 1.20. The summed E-state index contributed by atoms with van der Waals surface area (Å²) in [6, 6.07) is 7.07. The fourth-order valence-electron chi connectivity index (χ4n) is 2.98. The molecule has 1 aliphatic heterocycles. The van der Waals surface area contributed by atoms with E-state index in [9.17, 15) is 0 Å². The third-order valence-corrected chi connectivity index (χ3v) is 4.64. The maximum atomic E-state index is 6.33. The van der Waals surface area contributed by atoms with Gasteiger partial charge in [-0.2, -0.15) is 0 Å². The van der Waals surface area contributed by atoms with Gasteiger partial charge in [0.25, 0.3) is 0 Å². The van der Waals surface area contributed by atoms with Crippen LogP contribution in [0.15, 0.2) is 18.2 Å². The Kier molecular flexibility index (Phi) is 6.34. The highest BCUT2D eigenvalue weighted by atomic mass is 35.5. The molecule has 21 heavy (non-hydrogen) atoms. The standard InChI is InChI=1S/C17H27ClN2O/c1-4-19-13(2)14-7-8-17(16(18)12-14)21-11-9-15-6-5-10-20(15)3/h7-8,12-13,15,19H,4-6,9-11H2,1-3H3. The van der Waals surface area contributed by atoms with Crippen LogP contribution in [0.5, 0.6) is 5.75 Å². The first kappa shape index (κ1) is 16.6. The van der Waals surface area contributed by atoms with Crippen LogP contribution in [0.4, 0.5) is 0 Å². The summed E-state index contributed by atoms with van der Waals surface area (Å²) in [5, 5.41) is 4.09. The minimum Gasteiger partial charge on any atom is -0.492 e. The Labute approximate surface area is 133 Å². The molecule has 2 unspecified atom stereocenters. The zero-order chi connectivity index (χ0) is 15.2. The van der Waals surface area contributed by atoms with Crippen molar-refractivity contribution < 1.29 is 4.74 Å². The highest BCUT2D eigenvalue weighted by molar-refractivity contribution is 6.32. The number of rotatable bonds is 7. The fourth-order valence-corrected chi connectivity index (χ4v) is 3.22. The molecule has 2 atom stereocenters. The highest BCUT2D eigenvalue weighted by Gasteiger charge is 2.20. The molecule has 1 aliphatic rings. The number of hydrogen-bond acceptors (Lipinski definition) is 3. The average molecular weight is 311 g/mol. The lowest BCUT2D eigenvalue weighted by Gasteiger charge is -2.20. The van der Waals surface area contributed by atoms with Gasteiger partial charge in [0.05, 0.1) is 11.6 Å². The SMILES string of the molecule is CCNC(C)c1ccc(OCCC2CCCN2C)c(Cl)c1. The van der Waals surface area contributed by atoms with Gasteiger partial charge >= 0.3 is 0 Å². The van der Waals surface area contributed by atoms with Gasteiger partial charge in [0, 0.05) is 12.1 Å². The molecule has 0 aliphatic carbocycles. The summed E-state index contributed by atoms with van der Waals surface area (Å²) in [4.78, 5) is 2.42. The maximum Gasteiger partial charge on any atom is 0.137 e. The Bertz CT molecular complexity index is 452. The molecule has 2 rings (SSSR count). The van der Waals surface area contributed by atoms with Crippen molar-refractivity contribution in [3.63, 3.8) is 0 Å². The highest BCUT2D eigenvalue weighted by Crippen LogP contribution is 2.28.